The average molecular weight is 503 g/mol. The van der Waals surface area contributed by atoms with Gasteiger partial charge in [0.05, 0.1) is 5.52 Å². The lowest BCUT2D eigenvalue weighted by atomic mass is 9.87. The predicted octanol–water partition coefficient (Wildman–Crippen LogP) is 7.50. The highest BCUT2D eigenvalue weighted by Crippen LogP contribution is 2.31. The summed E-state index contributed by atoms with van der Waals surface area (Å²) in [7, 11) is 0. The zero-order chi connectivity index (χ0) is 26.5. The van der Waals surface area contributed by atoms with Gasteiger partial charge in [0.15, 0.2) is 0 Å². The first kappa shape index (κ1) is 25.3. The van der Waals surface area contributed by atoms with Gasteiger partial charge in [0.2, 0.25) is 0 Å². The van der Waals surface area contributed by atoms with Crippen LogP contribution in [-0.2, 0) is 25.1 Å². The van der Waals surface area contributed by atoms with E-state index in [2.05, 4.69) is 73.1 Å². The van der Waals surface area contributed by atoms with Crippen LogP contribution >= 0.6 is 0 Å². The van der Waals surface area contributed by atoms with E-state index in [0.29, 0.717) is 25.4 Å². The molecule has 0 radical (unpaired) electrons. The van der Waals surface area contributed by atoms with Crippen LogP contribution < -0.4 is 10.1 Å². The molecule has 0 saturated carbocycles. The molecule has 0 aliphatic carbocycles. The van der Waals surface area contributed by atoms with Crippen molar-refractivity contribution < 1.29 is 9.53 Å². The largest absolute Gasteiger partial charge is 0.488 e. The van der Waals surface area contributed by atoms with Gasteiger partial charge < -0.3 is 14.6 Å². The molecule has 0 unspecified atom stereocenters. The normalized spacial score (nSPS) is 11.4. The van der Waals surface area contributed by atoms with Crippen LogP contribution in [-0.4, -0.2) is 10.5 Å². The monoisotopic (exact) mass is 502 g/mol. The van der Waals surface area contributed by atoms with Crippen LogP contribution in [0.2, 0.25) is 0 Å². The lowest BCUT2D eigenvalue weighted by Gasteiger charge is -2.19. The van der Waals surface area contributed by atoms with Gasteiger partial charge in [0.1, 0.15) is 18.1 Å². The topological polar surface area (TPSA) is 43.3 Å². The molecule has 1 heterocycles. The summed E-state index contributed by atoms with van der Waals surface area (Å²) in [4.78, 5) is 13.5. The molecule has 38 heavy (non-hydrogen) atoms. The molecule has 5 aromatic rings. The Labute approximate surface area is 224 Å². The molecule has 0 bridgehead atoms. The molecule has 1 N–H and O–H groups in total. The number of nitrogens with zero attached hydrogens (tertiary/aromatic N) is 1. The number of benzene rings is 4. The Hall–Kier alpha value is -4.31. The highest BCUT2D eigenvalue weighted by molar-refractivity contribution is 6.00. The molecule has 4 aromatic carbocycles. The highest BCUT2D eigenvalue weighted by Gasteiger charge is 2.19. The third kappa shape index (κ3) is 5.81. The first-order valence-electron chi connectivity index (χ1n) is 13.1. The quantitative estimate of drug-likeness (QED) is 0.239. The van der Waals surface area contributed by atoms with E-state index in [0.717, 1.165) is 33.3 Å². The van der Waals surface area contributed by atoms with Crippen molar-refractivity contribution in [2.45, 2.75) is 45.9 Å². The maximum Gasteiger partial charge on any atom is 0.268 e. The van der Waals surface area contributed by atoms with Crippen LogP contribution in [0.25, 0.3) is 10.9 Å². The van der Waals surface area contributed by atoms with E-state index in [4.69, 9.17) is 4.74 Å². The molecule has 0 fully saturated rings. The minimum Gasteiger partial charge on any atom is -0.488 e. The third-order valence-corrected chi connectivity index (χ3v) is 6.83. The zero-order valence-electron chi connectivity index (χ0n) is 22.3. The van der Waals surface area contributed by atoms with Gasteiger partial charge in [0.25, 0.3) is 5.91 Å². The molecule has 0 aliphatic rings. The molecular formula is C34H34N2O2. The van der Waals surface area contributed by atoms with Crippen LogP contribution in [0.5, 0.6) is 5.75 Å². The van der Waals surface area contributed by atoms with E-state index in [9.17, 15) is 4.79 Å². The summed E-state index contributed by atoms with van der Waals surface area (Å²) < 4.78 is 8.34. The molecule has 0 aliphatic heterocycles. The summed E-state index contributed by atoms with van der Waals surface area (Å²) in [5.74, 6) is 0.663. The van der Waals surface area contributed by atoms with Crippen LogP contribution in [0, 0.1) is 0 Å². The molecule has 0 spiro atoms. The van der Waals surface area contributed by atoms with E-state index < -0.39 is 0 Å². The second kappa shape index (κ2) is 11.0. The van der Waals surface area contributed by atoms with Crippen molar-refractivity contribution in [1.29, 1.82) is 0 Å². The number of hydrogen-bond donors (Lipinski definition) is 1. The van der Waals surface area contributed by atoms with Crippen LogP contribution in [0.3, 0.4) is 0 Å². The third-order valence-electron chi connectivity index (χ3n) is 6.83. The number of hydrogen-bond acceptors (Lipinski definition) is 2. The van der Waals surface area contributed by atoms with Crippen LogP contribution in [0.15, 0.2) is 109 Å². The fourth-order valence-corrected chi connectivity index (χ4v) is 4.64. The number of fused-ring (bicyclic) bond motifs is 1. The van der Waals surface area contributed by atoms with E-state index in [1.165, 1.54) is 5.56 Å². The van der Waals surface area contributed by atoms with Gasteiger partial charge in [-0.05, 0) is 45.9 Å². The summed E-state index contributed by atoms with van der Waals surface area (Å²) in [6, 6.07) is 36.8. The van der Waals surface area contributed by atoms with Crippen molar-refractivity contribution in [2.24, 2.45) is 0 Å². The average Bonchev–Trinajstić information content (AvgIpc) is 3.30. The first-order valence-corrected chi connectivity index (χ1v) is 13.1. The van der Waals surface area contributed by atoms with E-state index in [-0.39, 0.29) is 11.3 Å². The predicted molar refractivity (Wildman–Crippen MR) is 155 cm³/mol. The van der Waals surface area contributed by atoms with Crippen LogP contribution in [0.4, 0.5) is 0 Å². The number of ether oxygens (including phenoxy) is 1. The fourth-order valence-electron chi connectivity index (χ4n) is 4.64. The molecule has 5 rings (SSSR count). The number of amides is 1. The van der Waals surface area contributed by atoms with Crippen molar-refractivity contribution in [1.82, 2.24) is 9.88 Å². The molecular weight excluding hydrogens is 468 g/mol. The Kier molecular flexibility index (Phi) is 7.32. The number of carbonyl (C=O) groups is 1. The molecule has 1 amide bonds. The number of nitrogens with one attached hydrogen (secondary N) is 1. The van der Waals surface area contributed by atoms with Crippen molar-refractivity contribution in [3.05, 3.63) is 137 Å². The van der Waals surface area contributed by atoms with E-state index in [1.807, 2.05) is 66.7 Å². The van der Waals surface area contributed by atoms with Gasteiger partial charge in [-0.25, -0.2) is 0 Å². The minimum atomic E-state index is -0.106. The Bertz CT molecular complexity index is 1510. The number of aromatic nitrogens is 1. The molecule has 192 valence electrons. The molecule has 0 atom stereocenters. The molecule has 0 saturated heterocycles. The SMILES string of the molecule is CC(C)(C)c1ccc(Cn2c(C(=O)NCc3ccccc3)cc3c(OCc4ccccc4)cccc32)cc1. The fraction of sp³-hybridized carbons (Fsp3) is 0.206. The summed E-state index contributed by atoms with van der Waals surface area (Å²) in [6.07, 6.45) is 0. The van der Waals surface area contributed by atoms with Crippen molar-refractivity contribution >= 4 is 16.8 Å². The van der Waals surface area contributed by atoms with Gasteiger partial charge in [-0.15, -0.1) is 0 Å². The van der Waals surface area contributed by atoms with Gasteiger partial charge in [-0.3, -0.25) is 4.79 Å². The maximum absolute atomic E-state index is 13.5. The summed E-state index contributed by atoms with van der Waals surface area (Å²) in [6.45, 7) is 8.17. The maximum atomic E-state index is 13.5. The summed E-state index contributed by atoms with van der Waals surface area (Å²) in [5, 5.41) is 4.04. The minimum absolute atomic E-state index is 0.0894. The Morgan fingerprint density at radius 2 is 1.42 bits per heavy atom. The number of rotatable bonds is 8. The van der Waals surface area contributed by atoms with E-state index in [1.54, 1.807) is 0 Å². The Morgan fingerprint density at radius 3 is 2.08 bits per heavy atom. The summed E-state index contributed by atoms with van der Waals surface area (Å²) in [5.41, 5.74) is 6.27. The Morgan fingerprint density at radius 1 is 0.763 bits per heavy atom. The second-order valence-corrected chi connectivity index (χ2v) is 10.7. The molecule has 4 heteroatoms. The lowest BCUT2D eigenvalue weighted by Crippen LogP contribution is -2.25. The van der Waals surface area contributed by atoms with Gasteiger partial charge in [0, 0.05) is 18.5 Å². The molecule has 4 nitrogen and oxygen atoms in total. The van der Waals surface area contributed by atoms with Gasteiger partial charge in [-0.2, -0.15) is 0 Å². The van der Waals surface area contributed by atoms with E-state index >= 15 is 0 Å². The Balaban J connectivity index is 1.48. The lowest BCUT2D eigenvalue weighted by molar-refractivity contribution is 0.0942. The second-order valence-electron chi connectivity index (χ2n) is 10.7. The summed E-state index contributed by atoms with van der Waals surface area (Å²) >= 11 is 0. The molecule has 1 aromatic heterocycles. The first-order chi connectivity index (χ1) is 18.4. The highest BCUT2D eigenvalue weighted by atomic mass is 16.5. The standard InChI is InChI=1S/C34H34N2O2/c1-34(2,3)28-19-17-26(18-20-28)23-36-30-15-10-16-32(38-24-27-13-8-5-9-14-27)29(30)21-31(36)33(37)35-22-25-11-6-4-7-12-25/h4-21H,22-24H2,1-3H3,(H,35,37). The van der Waals surface area contributed by atoms with Crippen molar-refractivity contribution in [3.8, 4) is 5.75 Å². The number of carbonyl (C=O) groups excluding carboxylic acids is 1. The zero-order valence-corrected chi connectivity index (χ0v) is 22.3. The van der Waals surface area contributed by atoms with Crippen molar-refractivity contribution in [2.75, 3.05) is 0 Å². The van der Waals surface area contributed by atoms with Crippen LogP contribution in [0.1, 0.15) is 53.5 Å². The van der Waals surface area contributed by atoms with Crippen molar-refractivity contribution in [3.63, 3.8) is 0 Å². The smallest absolute Gasteiger partial charge is 0.268 e. The van der Waals surface area contributed by atoms with Gasteiger partial charge in [-0.1, -0.05) is 112 Å². The van der Waals surface area contributed by atoms with Gasteiger partial charge >= 0.3 is 0 Å².